The molecule has 96 heavy (non-hydrogen) atoms. The zero-order chi connectivity index (χ0) is 70.4. The smallest absolute Gasteiger partial charge is 0.462 e. The van der Waals surface area contributed by atoms with E-state index in [1.54, 1.807) is 0 Å². The van der Waals surface area contributed by atoms with Gasteiger partial charge in [0.25, 0.3) is 0 Å². The summed E-state index contributed by atoms with van der Waals surface area (Å²) in [4.78, 5) is 72.6. The van der Waals surface area contributed by atoms with E-state index < -0.39 is 97.5 Å². The van der Waals surface area contributed by atoms with E-state index in [9.17, 15) is 43.2 Å². The minimum absolute atomic E-state index is 0.0310. The number of aliphatic hydroxyl groups excluding tert-OH is 1. The molecule has 0 rings (SSSR count). The number of unbranched alkanes of at least 4 members (excludes halogenated alkanes) is 19. The predicted octanol–water partition coefficient (Wildman–Crippen LogP) is 20.5. The molecule has 0 amide bonds. The van der Waals surface area contributed by atoms with Crippen LogP contribution in [-0.4, -0.2) is 96.7 Å². The first kappa shape index (κ1) is 91.2. The summed E-state index contributed by atoms with van der Waals surface area (Å²) in [6.45, 7) is 4.43. The van der Waals surface area contributed by atoms with Gasteiger partial charge in [-0.1, -0.05) is 232 Å². The number of ether oxygens (including phenoxy) is 4. The highest BCUT2D eigenvalue weighted by Crippen LogP contribution is 2.45. The summed E-state index contributed by atoms with van der Waals surface area (Å²) in [7, 11) is -9.97. The third kappa shape index (κ3) is 67.8. The quantitative estimate of drug-likeness (QED) is 0.0169. The molecule has 0 saturated heterocycles. The third-order valence-corrected chi connectivity index (χ3v) is 16.5. The number of esters is 4. The van der Waals surface area contributed by atoms with Crippen LogP contribution in [0.5, 0.6) is 0 Å². The number of carbonyl (C=O) groups is 4. The molecule has 0 aromatic heterocycles. The SMILES string of the molecule is CC/C=C\C/C=C\C/C=C\C/C=C\C/C=C\CCCCCC(=O)OCC(COP(=O)(O)OCC(O)COP(=O)(O)OCC(COC(=O)CCCCCCC/C=C\CCCC)OC(=O)CCCCCCC/C=C\CCCC)OC(=O)CCCC/C=C\C/C=C\C/C=C\C/C=C\CC. The minimum Gasteiger partial charge on any atom is -0.462 e. The van der Waals surface area contributed by atoms with Gasteiger partial charge < -0.3 is 33.8 Å². The van der Waals surface area contributed by atoms with Crippen molar-refractivity contribution in [3.05, 3.63) is 134 Å². The normalized spacial score (nSPS) is 14.8. The summed E-state index contributed by atoms with van der Waals surface area (Å²) in [5.41, 5.74) is 0. The molecule has 19 heteroatoms. The van der Waals surface area contributed by atoms with Gasteiger partial charge in [-0.15, -0.1) is 0 Å². The molecule has 0 aliphatic heterocycles. The van der Waals surface area contributed by atoms with Gasteiger partial charge in [-0.05, 0) is 148 Å². The maximum Gasteiger partial charge on any atom is 0.472 e. The molecular formula is C77H128O17P2. The van der Waals surface area contributed by atoms with Gasteiger partial charge in [0.15, 0.2) is 12.2 Å². The van der Waals surface area contributed by atoms with Crippen molar-refractivity contribution in [2.75, 3.05) is 39.6 Å². The monoisotopic (exact) mass is 1390 g/mol. The second-order valence-corrected chi connectivity index (χ2v) is 26.7. The van der Waals surface area contributed by atoms with Crippen LogP contribution in [0.4, 0.5) is 0 Å². The molecule has 5 unspecified atom stereocenters. The van der Waals surface area contributed by atoms with E-state index in [1.807, 2.05) is 0 Å². The second-order valence-electron chi connectivity index (χ2n) is 23.8. The zero-order valence-electron chi connectivity index (χ0n) is 59.5. The summed E-state index contributed by atoms with van der Waals surface area (Å²) in [6.07, 6.45) is 74.7. The van der Waals surface area contributed by atoms with Gasteiger partial charge in [-0.25, -0.2) is 9.13 Å². The molecule has 0 aromatic rings. The van der Waals surface area contributed by atoms with E-state index in [2.05, 4.69) is 161 Å². The summed E-state index contributed by atoms with van der Waals surface area (Å²) in [6, 6.07) is 0. The van der Waals surface area contributed by atoms with Crippen LogP contribution in [0.15, 0.2) is 134 Å². The van der Waals surface area contributed by atoms with Gasteiger partial charge in [0.1, 0.15) is 19.3 Å². The molecule has 0 fully saturated rings. The van der Waals surface area contributed by atoms with Crippen molar-refractivity contribution in [2.45, 2.75) is 290 Å². The molecule has 3 N–H and O–H groups in total. The minimum atomic E-state index is -4.99. The number of aliphatic hydroxyl groups is 1. The Labute approximate surface area is 580 Å². The standard InChI is InChI=1S/C77H128O17P2/c1-5-9-13-17-21-25-29-31-33-34-35-36-38-39-43-46-50-54-58-62-75(80)88-68-73(94-77(82)64-60-56-52-48-44-40-37-32-30-26-22-18-14-10-6-2)70-92-96(85,86)90-66-71(78)65-89-95(83,84)91-69-72(93-76(81)63-59-55-51-47-42-28-24-20-16-12-8-4)67-87-74(79)61-57-53-49-45-41-27-23-19-15-11-7-3/h9-10,13-14,19-26,31-33,35-37,39,43-44,48,71-73,78H,5-8,11-12,15-18,27-30,34,38,40-42,45-47,49-70H2,1-4H3,(H,83,84)(H,85,86)/b13-9-,14-10-,23-19-,24-20-,25-21-,26-22-,33-31-,36-35-,37-32-,43-39-,48-44-. The van der Waals surface area contributed by atoms with Crippen LogP contribution in [0.1, 0.15) is 272 Å². The highest BCUT2D eigenvalue weighted by atomic mass is 31.2. The van der Waals surface area contributed by atoms with E-state index in [1.165, 1.54) is 25.7 Å². The molecule has 0 bridgehead atoms. The lowest BCUT2D eigenvalue weighted by Gasteiger charge is -2.21. The first-order valence-electron chi connectivity index (χ1n) is 36.4. The number of hydrogen-bond donors (Lipinski definition) is 3. The Hall–Kier alpha value is -4.80. The summed E-state index contributed by atoms with van der Waals surface area (Å²) in [5.74, 6) is -2.29. The number of carbonyl (C=O) groups excluding carboxylic acids is 4. The highest BCUT2D eigenvalue weighted by molar-refractivity contribution is 7.47. The van der Waals surface area contributed by atoms with Gasteiger partial charge in [0.2, 0.25) is 0 Å². The molecule has 0 aliphatic carbocycles. The van der Waals surface area contributed by atoms with Crippen LogP contribution in [0.25, 0.3) is 0 Å². The average molecular weight is 1390 g/mol. The summed E-state index contributed by atoms with van der Waals surface area (Å²) >= 11 is 0. The first-order valence-corrected chi connectivity index (χ1v) is 39.4. The van der Waals surface area contributed by atoms with Crippen LogP contribution < -0.4 is 0 Å². The fraction of sp³-hybridized carbons (Fsp3) is 0.662. The molecule has 0 heterocycles. The van der Waals surface area contributed by atoms with Crippen molar-refractivity contribution < 1.29 is 80.2 Å². The van der Waals surface area contributed by atoms with Crippen molar-refractivity contribution in [1.29, 1.82) is 0 Å². The van der Waals surface area contributed by atoms with E-state index in [-0.39, 0.29) is 25.7 Å². The Kier molecular flexibility index (Phi) is 65.3. The second kappa shape index (κ2) is 68.7. The van der Waals surface area contributed by atoms with Crippen molar-refractivity contribution >= 4 is 39.5 Å². The highest BCUT2D eigenvalue weighted by Gasteiger charge is 2.30. The average Bonchev–Trinajstić information content (AvgIpc) is 1.41. The van der Waals surface area contributed by atoms with Gasteiger partial charge in [0.05, 0.1) is 26.4 Å². The summed E-state index contributed by atoms with van der Waals surface area (Å²) in [5, 5.41) is 10.6. The van der Waals surface area contributed by atoms with Crippen LogP contribution in [0.2, 0.25) is 0 Å². The largest absolute Gasteiger partial charge is 0.472 e. The van der Waals surface area contributed by atoms with Crippen LogP contribution in [-0.2, 0) is 65.4 Å². The lowest BCUT2D eigenvalue weighted by atomic mass is 10.1. The molecule has 0 spiro atoms. The number of phosphoric acid groups is 2. The number of allylic oxidation sites excluding steroid dienone is 22. The molecule has 0 saturated carbocycles. The number of phosphoric ester groups is 2. The maximum absolute atomic E-state index is 13.1. The van der Waals surface area contributed by atoms with Gasteiger partial charge >= 0.3 is 39.5 Å². The molecule has 548 valence electrons. The lowest BCUT2D eigenvalue weighted by Crippen LogP contribution is -2.30. The van der Waals surface area contributed by atoms with E-state index in [0.717, 1.165) is 161 Å². The number of hydrogen-bond acceptors (Lipinski definition) is 15. The van der Waals surface area contributed by atoms with E-state index >= 15 is 0 Å². The predicted molar refractivity (Wildman–Crippen MR) is 390 cm³/mol. The fourth-order valence-electron chi connectivity index (χ4n) is 9.02. The first-order chi connectivity index (χ1) is 46.7. The Morgan fingerprint density at radius 3 is 0.875 bits per heavy atom. The molecule has 0 aromatic carbocycles. The lowest BCUT2D eigenvalue weighted by molar-refractivity contribution is -0.161. The van der Waals surface area contributed by atoms with Crippen molar-refractivity contribution in [1.82, 2.24) is 0 Å². The van der Waals surface area contributed by atoms with Gasteiger partial charge in [-0.3, -0.25) is 37.3 Å². The van der Waals surface area contributed by atoms with Gasteiger partial charge in [-0.2, -0.15) is 0 Å². The Balaban J connectivity index is 5.40. The topological polar surface area (TPSA) is 237 Å². The third-order valence-electron chi connectivity index (χ3n) is 14.6. The summed E-state index contributed by atoms with van der Waals surface area (Å²) < 4.78 is 68.2. The Bertz CT molecular complexity index is 2350. The van der Waals surface area contributed by atoms with Crippen LogP contribution in [0.3, 0.4) is 0 Å². The zero-order valence-corrected chi connectivity index (χ0v) is 61.3. The van der Waals surface area contributed by atoms with Gasteiger partial charge in [0, 0.05) is 25.7 Å². The Morgan fingerprint density at radius 2 is 0.542 bits per heavy atom. The molecule has 5 atom stereocenters. The van der Waals surface area contributed by atoms with Crippen LogP contribution in [0, 0.1) is 0 Å². The van der Waals surface area contributed by atoms with Crippen molar-refractivity contribution in [3.63, 3.8) is 0 Å². The molecule has 0 aliphatic rings. The maximum atomic E-state index is 13.1. The van der Waals surface area contributed by atoms with Crippen molar-refractivity contribution in [2.24, 2.45) is 0 Å². The molecule has 0 radical (unpaired) electrons. The number of rotatable bonds is 67. The molecular weight excluding hydrogens is 1260 g/mol. The van der Waals surface area contributed by atoms with Crippen molar-refractivity contribution in [3.8, 4) is 0 Å². The molecule has 17 nitrogen and oxygen atoms in total. The van der Waals surface area contributed by atoms with Crippen LogP contribution >= 0.6 is 15.6 Å². The van der Waals surface area contributed by atoms with E-state index in [0.29, 0.717) is 32.1 Å². The fourth-order valence-corrected chi connectivity index (χ4v) is 10.6. The Morgan fingerprint density at radius 1 is 0.302 bits per heavy atom. The van der Waals surface area contributed by atoms with E-state index in [4.69, 9.17) is 37.0 Å².